The van der Waals surface area contributed by atoms with Gasteiger partial charge in [-0.2, -0.15) is 0 Å². The second-order valence-corrected chi connectivity index (χ2v) is 6.73. The Hall–Kier alpha value is -1.86. The fourth-order valence-corrected chi connectivity index (χ4v) is 3.46. The first-order valence-electron chi connectivity index (χ1n) is 8.39. The molecule has 2 aliphatic heterocycles. The summed E-state index contributed by atoms with van der Waals surface area (Å²) in [7, 11) is 2.17. The molecule has 5 nitrogen and oxygen atoms in total. The Morgan fingerprint density at radius 3 is 2.54 bits per heavy atom. The van der Waals surface area contributed by atoms with Crippen molar-refractivity contribution < 1.29 is 8.78 Å². The van der Waals surface area contributed by atoms with Crippen molar-refractivity contribution in [2.75, 3.05) is 51.2 Å². The number of fused-ring (bicyclic) bond motifs is 1. The van der Waals surface area contributed by atoms with Gasteiger partial charge in [0, 0.05) is 44.4 Å². The fourth-order valence-electron chi connectivity index (χ4n) is 3.46. The molecule has 128 valence electrons. The van der Waals surface area contributed by atoms with Gasteiger partial charge in [0.1, 0.15) is 5.82 Å². The number of anilines is 1. The summed E-state index contributed by atoms with van der Waals surface area (Å²) in [5.74, 6) is -1.04. The van der Waals surface area contributed by atoms with Crippen LogP contribution in [-0.4, -0.2) is 72.1 Å². The predicted octanol–water partition coefficient (Wildman–Crippen LogP) is 1.73. The van der Waals surface area contributed by atoms with Crippen molar-refractivity contribution in [1.29, 1.82) is 0 Å². The minimum Gasteiger partial charge on any atom is -0.352 e. The van der Waals surface area contributed by atoms with Crippen molar-refractivity contribution in [3.63, 3.8) is 0 Å². The maximum atomic E-state index is 13.4. The molecule has 2 aromatic rings. The van der Waals surface area contributed by atoms with Crippen molar-refractivity contribution in [3.8, 4) is 0 Å². The number of benzene rings is 1. The number of rotatable bonds is 2. The Labute approximate surface area is 139 Å². The van der Waals surface area contributed by atoms with E-state index in [-0.39, 0.29) is 0 Å². The molecule has 2 fully saturated rings. The summed E-state index contributed by atoms with van der Waals surface area (Å²) < 4.78 is 26.6. The zero-order valence-electron chi connectivity index (χ0n) is 13.8. The third-order valence-electron chi connectivity index (χ3n) is 5.03. The Balaban J connectivity index is 1.45. The van der Waals surface area contributed by atoms with E-state index in [0.29, 0.717) is 17.1 Å². The summed E-state index contributed by atoms with van der Waals surface area (Å²) in [4.78, 5) is 15.7. The SMILES string of the molecule is CN1CCCN(C2CN(c3cnc4cc(F)c(F)cc4n3)C2)CC1. The lowest BCUT2D eigenvalue weighted by atomic mass is 10.1. The molecule has 4 rings (SSSR count). The zero-order valence-corrected chi connectivity index (χ0v) is 13.8. The lowest BCUT2D eigenvalue weighted by Crippen LogP contribution is -2.60. The summed E-state index contributed by atoms with van der Waals surface area (Å²) in [5.41, 5.74) is 0.775. The fraction of sp³-hybridized carbons (Fsp3) is 0.529. The molecule has 0 saturated carbocycles. The van der Waals surface area contributed by atoms with E-state index >= 15 is 0 Å². The van der Waals surface area contributed by atoms with Crippen LogP contribution in [0.1, 0.15) is 6.42 Å². The van der Waals surface area contributed by atoms with Crippen LogP contribution in [-0.2, 0) is 0 Å². The molecular formula is C17H21F2N5. The van der Waals surface area contributed by atoms with Crippen LogP contribution < -0.4 is 4.90 Å². The first kappa shape index (κ1) is 15.7. The maximum absolute atomic E-state index is 13.4. The van der Waals surface area contributed by atoms with E-state index < -0.39 is 11.6 Å². The number of hydrogen-bond acceptors (Lipinski definition) is 5. The van der Waals surface area contributed by atoms with Gasteiger partial charge in [-0.25, -0.2) is 13.8 Å². The Morgan fingerprint density at radius 1 is 1.00 bits per heavy atom. The largest absolute Gasteiger partial charge is 0.352 e. The highest BCUT2D eigenvalue weighted by molar-refractivity contribution is 5.75. The predicted molar refractivity (Wildman–Crippen MR) is 89.1 cm³/mol. The van der Waals surface area contributed by atoms with Gasteiger partial charge in [0.05, 0.1) is 17.2 Å². The lowest BCUT2D eigenvalue weighted by Gasteiger charge is -2.45. The molecule has 0 amide bonds. The van der Waals surface area contributed by atoms with Gasteiger partial charge in [0.25, 0.3) is 0 Å². The highest BCUT2D eigenvalue weighted by Gasteiger charge is 2.33. The Morgan fingerprint density at radius 2 is 1.75 bits per heavy atom. The first-order valence-corrected chi connectivity index (χ1v) is 8.39. The molecule has 0 N–H and O–H groups in total. The average Bonchev–Trinajstić information content (AvgIpc) is 2.72. The quantitative estimate of drug-likeness (QED) is 0.836. The van der Waals surface area contributed by atoms with Gasteiger partial charge in [-0.05, 0) is 26.6 Å². The van der Waals surface area contributed by atoms with Crippen molar-refractivity contribution in [2.24, 2.45) is 0 Å². The van der Waals surface area contributed by atoms with Crippen LogP contribution in [0.15, 0.2) is 18.3 Å². The Bertz CT molecular complexity index is 747. The van der Waals surface area contributed by atoms with Crippen LogP contribution in [0.25, 0.3) is 11.0 Å². The van der Waals surface area contributed by atoms with E-state index in [0.717, 1.165) is 57.2 Å². The highest BCUT2D eigenvalue weighted by atomic mass is 19.2. The van der Waals surface area contributed by atoms with Gasteiger partial charge < -0.3 is 9.80 Å². The lowest BCUT2D eigenvalue weighted by molar-refractivity contribution is 0.171. The molecule has 3 heterocycles. The van der Waals surface area contributed by atoms with Gasteiger partial charge in [-0.1, -0.05) is 0 Å². The maximum Gasteiger partial charge on any atom is 0.161 e. The monoisotopic (exact) mass is 333 g/mol. The van der Waals surface area contributed by atoms with Crippen LogP contribution in [0.4, 0.5) is 14.6 Å². The molecule has 0 aliphatic carbocycles. The topological polar surface area (TPSA) is 35.5 Å². The molecule has 1 aromatic carbocycles. The molecular weight excluding hydrogens is 312 g/mol. The van der Waals surface area contributed by atoms with Crippen molar-refractivity contribution >= 4 is 16.9 Å². The van der Waals surface area contributed by atoms with Crippen LogP contribution in [0.5, 0.6) is 0 Å². The van der Waals surface area contributed by atoms with Gasteiger partial charge in [0.15, 0.2) is 11.6 Å². The summed E-state index contributed by atoms with van der Waals surface area (Å²) in [6.07, 6.45) is 2.85. The zero-order chi connectivity index (χ0) is 16.7. The summed E-state index contributed by atoms with van der Waals surface area (Å²) in [6, 6.07) is 2.75. The van der Waals surface area contributed by atoms with E-state index in [1.807, 2.05) is 0 Å². The second-order valence-electron chi connectivity index (χ2n) is 6.73. The van der Waals surface area contributed by atoms with Gasteiger partial charge >= 0.3 is 0 Å². The van der Waals surface area contributed by atoms with Crippen LogP contribution >= 0.6 is 0 Å². The van der Waals surface area contributed by atoms with Crippen molar-refractivity contribution in [2.45, 2.75) is 12.5 Å². The van der Waals surface area contributed by atoms with Gasteiger partial charge in [-0.15, -0.1) is 0 Å². The average molecular weight is 333 g/mol. The minimum atomic E-state index is -0.889. The highest BCUT2D eigenvalue weighted by Crippen LogP contribution is 2.24. The summed E-state index contributed by atoms with van der Waals surface area (Å²) >= 11 is 0. The van der Waals surface area contributed by atoms with E-state index in [9.17, 15) is 8.78 Å². The van der Waals surface area contributed by atoms with Gasteiger partial charge in [-0.3, -0.25) is 9.88 Å². The van der Waals surface area contributed by atoms with Crippen LogP contribution in [0, 0.1) is 11.6 Å². The Kier molecular flexibility index (Phi) is 4.05. The first-order chi connectivity index (χ1) is 11.6. The smallest absolute Gasteiger partial charge is 0.161 e. The molecule has 0 unspecified atom stereocenters. The van der Waals surface area contributed by atoms with Gasteiger partial charge in [0.2, 0.25) is 0 Å². The molecule has 1 aromatic heterocycles. The number of halogens is 2. The molecule has 0 spiro atoms. The van der Waals surface area contributed by atoms with E-state index in [1.54, 1.807) is 6.20 Å². The van der Waals surface area contributed by atoms with Crippen LogP contribution in [0.2, 0.25) is 0 Å². The number of nitrogens with zero attached hydrogens (tertiary/aromatic N) is 5. The molecule has 0 bridgehead atoms. The van der Waals surface area contributed by atoms with Crippen LogP contribution in [0.3, 0.4) is 0 Å². The van der Waals surface area contributed by atoms with Crippen molar-refractivity contribution in [1.82, 2.24) is 19.8 Å². The molecule has 0 atom stereocenters. The molecule has 0 radical (unpaired) electrons. The number of likely N-dealkylation sites (N-methyl/N-ethyl adjacent to an activating group) is 1. The normalized spacial score (nSPS) is 21.0. The van der Waals surface area contributed by atoms with Crippen molar-refractivity contribution in [3.05, 3.63) is 30.0 Å². The summed E-state index contributed by atoms with van der Waals surface area (Å²) in [5, 5.41) is 0. The third kappa shape index (κ3) is 2.93. The second kappa shape index (κ2) is 6.22. The number of hydrogen-bond donors (Lipinski definition) is 0. The van der Waals surface area contributed by atoms with E-state index in [2.05, 4.69) is 31.7 Å². The minimum absolute atomic E-state index is 0.380. The summed E-state index contributed by atoms with van der Waals surface area (Å²) in [6.45, 7) is 6.32. The third-order valence-corrected chi connectivity index (χ3v) is 5.03. The molecule has 7 heteroatoms. The van der Waals surface area contributed by atoms with E-state index in [1.165, 1.54) is 6.42 Å². The standard InChI is InChI=1S/C17H21F2N5/c1-22-3-2-4-23(6-5-22)12-10-24(11-12)17-9-20-15-7-13(18)14(19)8-16(15)21-17/h7-9,12H,2-6,10-11H2,1H3. The number of aromatic nitrogens is 2. The molecule has 2 saturated heterocycles. The molecule has 2 aliphatic rings. The molecule has 24 heavy (non-hydrogen) atoms. The van der Waals surface area contributed by atoms with E-state index in [4.69, 9.17) is 0 Å².